The molecule has 2 saturated carbocycles. The van der Waals surface area contributed by atoms with E-state index in [2.05, 4.69) is 31.1 Å². The molecule has 7 aliphatic rings. The highest BCUT2D eigenvalue weighted by atomic mass is 19.1. The van der Waals surface area contributed by atoms with Crippen molar-refractivity contribution in [1.29, 1.82) is 0 Å². The van der Waals surface area contributed by atoms with Gasteiger partial charge in [-0.2, -0.15) is 0 Å². The standard InChI is InChI=1S/C44H58F2N8O5/c1-24-10-12-34(45)32-18-36(49-39(24)32)41(55)47-26-6-4-8-28(16-26)52-15-14-30(20-52)54-23-38(59-44(54)58)43(57)51(3)31-21-53(22-31)29-9-5-7-27(17-29)48-42(56)37-19-33-35(46)13-11-25(2)40(33)50-37/h10-13,26-31,36-38,49-50H,4-9,14-23H2,1-3H3,(H,47,55)(H,48,56)/t26-,27-,28-,29+,30?,36?,37?,38?/m1/s1. The van der Waals surface area contributed by atoms with Crippen molar-refractivity contribution < 1.29 is 32.7 Å². The van der Waals surface area contributed by atoms with E-state index in [4.69, 9.17) is 4.74 Å². The maximum absolute atomic E-state index is 14.4. The van der Waals surface area contributed by atoms with Crippen LogP contribution >= 0.6 is 0 Å². The zero-order valence-corrected chi connectivity index (χ0v) is 34.4. The van der Waals surface area contributed by atoms with Crippen molar-refractivity contribution >= 4 is 35.2 Å². The zero-order chi connectivity index (χ0) is 41.1. The van der Waals surface area contributed by atoms with Crippen LogP contribution in [0.15, 0.2) is 24.3 Å². The van der Waals surface area contributed by atoms with Gasteiger partial charge in [-0.05, 0) is 94.9 Å². The van der Waals surface area contributed by atoms with E-state index in [0.29, 0.717) is 36.6 Å². The van der Waals surface area contributed by atoms with E-state index < -0.39 is 24.3 Å². The molecule has 4 N–H and O–H groups in total. The number of fused-ring (bicyclic) bond motifs is 2. The predicted molar refractivity (Wildman–Crippen MR) is 218 cm³/mol. The smallest absolute Gasteiger partial charge is 0.411 e. The summed E-state index contributed by atoms with van der Waals surface area (Å²) in [7, 11) is 1.80. The summed E-state index contributed by atoms with van der Waals surface area (Å²) in [4.78, 5) is 61.7. The van der Waals surface area contributed by atoms with E-state index in [1.165, 1.54) is 12.1 Å². The Kier molecular flexibility index (Phi) is 10.9. The maximum atomic E-state index is 14.4. The average molecular weight is 817 g/mol. The zero-order valence-electron chi connectivity index (χ0n) is 34.4. The molecule has 5 heterocycles. The molecule has 0 spiro atoms. The highest BCUT2D eigenvalue weighted by molar-refractivity contribution is 5.89. The summed E-state index contributed by atoms with van der Waals surface area (Å²) in [5, 5.41) is 13.0. The number of hydrogen-bond donors (Lipinski definition) is 4. The first kappa shape index (κ1) is 39.9. The number of cyclic esters (lactones) is 1. The van der Waals surface area contributed by atoms with Crippen LogP contribution in [0.1, 0.15) is 80.0 Å². The number of ether oxygens (including phenoxy) is 1. The topological polar surface area (TPSA) is 139 Å². The van der Waals surface area contributed by atoms with Crippen LogP contribution in [0.2, 0.25) is 0 Å². The third-order valence-electron chi connectivity index (χ3n) is 14.6. The minimum Gasteiger partial charge on any atom is -0.434 e. The minimum atomic E-state index is -0.834. The van der Waals surface area contributed by atoms with Crippen LogP contribution in [0, 0.1) is 25.5 Å². The molecule has 0 bridgehead atoms. The number of anilines is 2. The van der Waals surface area contributed by atoms with Gasteiger partial charge >= 0.3 is 6.09 Å². The molecule has 13 nitrogen and oxygen atoms in total. The fraction of sp³-hybridized carbons (Fsp3) is 0.636. The van der Waals surface area contributed by atoms with Crippen molar-refractivity contribution in [3.63, 3.8) is 0 Å². The first-order valence-corrected chi connectivity index (χ1v) is 21.8. The van der Waals surface area contributed by atoms with Gasteiger partial charge in [0.05, 0.1) is 12.6 Å². The van der Waals surface area contributed by atoms with Gasteiger partial charge in [0.1, 0.15) is 23.7 Å². The average Bonchev–Trinajstić information content (AvgIpc) is 4.03. The molecule has 4 amide bonds. The number of nitrogens with one attached hydrogen (secondary N) is 4. The number of benzene rings is 2. The Morgan fingerprint density at radius 1 is 0.729 bits per heavy atom. The van der Waals surface area contributed by atoms with Gasteiger partial charge in [-0.25, -0.2) is 13.6 Å². The van der Waals surface area contributed by atoms with Crippen molar-refractivity contribution in [2.75, 3.05) is 50.4 Å². The summed E-state index contributed by atoms with van der Waals surface area (Å²) in [6.45, 7) is 7.10. The Morgan fingerprint density at radius 3 is 1.81 bits per heavy atom. The molecular weight excluding hydrogens is 759 g/mol. The normalized spacial score (nSPS) is 30.8. The molecular formula is C44H58F2N8O5. The lowest BCUT2D eigenvalue weighted by Gasteiger charge is -2.50. The number of nitrogens with zero attached hydrogens (tertiary/aromatic N) is 4. The van der Waals surface area contributed by atoms with E-state index in [1.807, 2.05) is 13.8 Å². The van der Waals surface area contributed by atoms with Crippen LogP contribution in [0.3, 0.4) is 0 Å². The first-order valence-electron chi connectivity index (χ1n) is 21.8. The van der Waals surface area contributed by atoms with E-state index in [-0.39, 0.29) is 66.1 Å². The summed E-state index contributed by atoms with van der Waals surface area (Å²) in [5.41, 5.74) is 4.49. The summed E-state index contributed by atoms with van der Waals surface area (Å²) < 4.78 is 34.6. The number of carbonyl (C=O) groups excluding carboxylic acids is 4. The van der Waals surface area contributed by atoms with Crippen molar-refractivity contribution in [3.8, 4) is 0 Å². The number of halogens is 2. The number of carbonyl (C=O) groups is 4. The number of rotatable bonds is 9. The van der Waals surface area contributed by atoms with E-state index in [1.54, 1.807) is 29.0 Å². The van der Waals surface area contributed by atoms with Gasteiger partial charge in [0.15, 0.2) is 6.10 Å². The molecule has 0 radical (unpaired) electrons. The molecule has 5 fully saturated rings. The minimum absolute atomic E-state index is 0.0244. The van der Waals surface area contributed by atoms with E-state index in [0.717, 1.165) is 99.9 Å². The van der Waals surface area contributed by atoms with Gasteiger partial charge in [-0.1, -0.05) is 12.1 Å². The summed E-state index contributed by atoms with van der Waals surface area (Å²) in [5.74, 6) is -0.912. The molecule has 59 heavy (non-hydrogen) atoms. The fourth-order valence-corrected chi connectivity index (χ4v) is 11.0. The number of likely N-dealkylation sites (tertiary alicyclic amines) is 2. The number of likely N-dealkylation sites (N-methyl/N-ethyl adjacent to an activating group) is 1. The third kappa shape index (κ3) is 7.84. The molecule has 8 atom stereocenters. The maximum Gasteiger partial charge on any atom is 0.411 e. The quantitative estimate of drug-likeness (QED) is 0.298. The SMILES string of the molecule is Cc1ccc(F)c2c1NC(C(=O)N[C@@H]1CCC[C@@H](N3CCC(N4CC(C(=O)N(C)C5CN([C@H]6CCC[C@@H](NC(=O)C7Cc8c(F)ccc(C)c8N7)C6)C5)OC4=O)C3)C1)C2. The van der Waals surface area contributed by atoms with Gasteiger partial charge in [0, 0.05) is 98.8 Å². The molecule has 2 aromatic rings. The third-order valence-corrected chi connectivity index (χ3v) is 14.6. The summed E-state index contributed by atoms with van der Waals surface area (Å²) in [6.07, 6.45) is 7.74. The highest BCUT2D eigenvalue weighted by Gasteiger charge is 2.47. The van der Waals surface area contributed by atoms with Gasteiger partial charge in [-0.15, -0.1) is 0 Å². The van der Waals surface area contributed by atoms with Gasteiger partial charge in [0.25, 0.3) is 5.91 Å². The van der Waals surface area contributed by atoms with Crippen molar-refractivity contribution in [2.45, 2.75) is 139 Å². The lowest BCUT2D eigenvalue weighted by atomic mass is 9.87. The van der Waals surface area contributed by atoms with Crippen LogP contribution < -0.4 is 21.3 Å². The molecule has 4 unspecified atom stereocenters. The Morgan fingerprint density at radius 2 is 1.27 bits per heavy atom. The number of aryl methyl sites for hydroxylation is 2. The second kappa shape index (κ2) is 16.2. The van der Waals surface area contributed by atoms with Crippen molar-refractivity contribution in [2.24, 2.45) is 0 Å². The Bertz CT molecular complexity index is 1930. The monoisotopic (exact) mass is 816 g/mol. The van der Waals surface area contributed by atoms with Gasteiger partial charge in [0.2, 0.25) is 11.8 Å². The summed E-state index contributed by atoms with van der Waals surface area (Å²) in [6, 6.07) is 6.08. The first-order chi connectivity index (χ1) is 28.4. The summed E-state index contributed by atoms with van der Waals surface area (Å²) >= 11 is 0. The molecule has 15 heteroatoms. The number of amides is 4. The van der Waals surface area contributed by atoms with Crippen LogP contribution in [-0.4, -0.2) is 138 Å². The molecule has 5 aliphatic heterocycles. The Balaban J connectivity index is 0.707. The predicted octanol–water partition coefficient (Wildman–Crippen LogP) is 3.85. The molecule has 2 aliphatic carbocycles. The van der Waals surface area contributed by atoms with Crippen molar-refractivity contribution in [3.05, 3.63) is 58.2 Å². The van der Waals surface area contributed by atoms with Gasteiger partial charge < -0.3 is 30.9 Å². The van der Waals surface area contributed by atoms with Crippen LogP contribution in [0.5, 0.6) is 0 Å². The largest absolute Gasteiger partial charge is 0.434 e. The molecule has 318 valence electrons. The molecule has 2 aromatic carbocycles. The van der Waals surface area contributed by atoms with Gasteiger partial charge in [-0.3, -0.25) is 29.1 Å². The number of hydrogen-bond acceptors (Lipinski definition) is 9. The van der Waals surface area contributed by atoms with Crippen molar-refractivity contribution in [1.82, 2.24) is 30.2 Å². The van der Waals surface area contributed by atoms with E-state index >= 15 is 0 Å². The van der Waals surface area contributed by atoms with Crippen LogP contribution in [0.4, 0.5) is 25.0 Å². The Labute approximate surface area is 344 Å². The highest BCUT2D eigenvalue weighted by Crippen LogP contribution is 2.35. The lowest BCUT2D eigenvalue weighted by Crippen LogP contribution is -2.64. The lowest BCUT2D eigenvalue weighted by molar-refractivity contribution is -0.143. The Hall–Kier alpha value is -4.50. The molecule has 3 saturated heterocycles. The second-order valence-electron chi connectivity index (χ2n) is 18.3. The molecule has 9 rings (SSSR count). The molecule has 0 aromatic heterocycles. The van der Waals surface area contributed by atoms with Crippen LogP contribution in [-0.2, 0) is 32.0 Å². The van der Waals surface area contributed by atoms with E-state index in [9.17, 15) is 28.0 Å². The van der Waals surface area contributed by atoms with Crippen LogP contribution in [0.25, 0.3) is 0 Å². The fourth-order valence-electron chi connectivity index (χ4n) is 11.0. The second-order valence-corrected chi connectivity index (χ2v) is 18.3.